The van der Waals surface area contributed by atoms with Crippen molar-refractivity contribution in [2.24, 2.45) is 0 Å². The van der Waals surface area contributed by atoms with Gasteiger partial charge in [0.15, 0.2) is 11.5 Å². The van der Waals surface area contributed by atoms with Crippen molar-refractivity contribution in [2.75, 3.05) is 27.9 Å². The first kappa shape index (κ1) is 19.8. The molecule has 6 heteroatoms. The van der Waals surface area contributed by atoms with E-state index in [1.54, 1.807) is 38.4 Å². The molecule has 1 aromatic carbocycles. The summed E-state index contributed by atoms with van der Waals surface area (Å²) >= 11 is 0. The zero-order chi connectivity index (χ0) is 19.4. The molecule has 2 aliphatic rings. The Labute approximate surface area is 162 Å². The van der Waals surface area contributed by atoms with Gasteiger partial charge in [-0.2, -0.15) is 0 Å². The first-order chi connectivity index (χ1) is 13.1. The third-order valence-electron chi connectivity index (χ3n) is 6.09. The summed E-state index contributed by atoms with van der Waals surface area (Å²) in [6, 6.07) is 5.04. The lowest BCUT2D eigenvalue weighted by Crippen LogP contribution is -3.21. The van der Waals surface area contributed by atoms with E-state index in [0.717, 1.165) is 12.8 Å². The molecule has 1 amide bonds. The molecule has 2 N–H and O–H groups in total. The molecule has 0 spiro atoms. The second-order valence-corrected chi connectivity index (χ2v) is 7.71. The zero-order valence-electron chi connectivity index (χ0n) is 17.0. The minimum atomic E-state index is -0.0729. The van der Waals surface area contributed by atoms with E-state index in [2.05, 4.69) is 12.2 Å². The molecule has 2 heterocycles. The maximum Gasteiger partial charge on any atom is 0.251 e. The number of hydrogen-bond acceptors (Lipinski definition) is 4. The number of methoxy groups -OCH3 is 3. The maximum absolute atomic E-state index is 12.9. The number of ether oxygens (including phenoxy) is 3. The van der Waals surface area contributed by atoms with Gasteiger partial charge in [0.25, 0.3) is 5.91 Å². The molecule has 3 rings (SSSR count). The van der Waals surface area contributed by atoms with Crippen LogP contribution in [0.4, 0.5) is 0 Å². The fraction of sp³-hybridized carbons (Fsp3) is 0.667. The van der Waals surface area contributed by atoms with Crippen LogP contribution in [0.1, 0.15) is 55.8 Å². The first-order valence-electron chi connectivity index (χ1n) is 10.1. The van der Waals surface area contributed by atoms with E-state index >= 15 is 0 Å². The summed E-state index contributed by atoms with van der Waals surface area (Å²) < 4.78 is 16.1. The van der Waals surface area contributed by atoms with Gasteiger partial charge < -0.3 is 24.4 Å². The summed E-state index contributed by atoms with van der Waals surface area (Å²) in [5.41, 5.74) is 0.540. The fourth-order valence-electron chi connectivity index (χ4n) is 4.93. The van der Waals surface area contributed by atoms with Crippen molar-refractivity contribution in [3.63, 3.8) is 0 Å². The fourth-order valence-corrected chi connectivity index (χ4v) is 4.93. The molecule has 1 aromatic rings. The molecule has 0 radical (unpaired) electrons. The number of quaternary nitrogens is 1. The molecular weight excluding hydrogens is 344 g/mol. The second kappa shape index (κ2) is 8.83. The quantitative estimate of drug-likeness (QED) is 0.761. The largest absolute Gasteiger partial charge is 0.493 e. The lowest BCUT2D eigenvalue weighted by atomic mass is 9.81. The Morgan fingerprint density at radius 3 is 2.15 bits per heavy atom. The number of piperidine rings is 2. The molecule has 0 aromatic heterocycles. The number of amides is 1. The van der Waals surface area contributed by atoms with Gasteiger partial charge >= 0.3 is 0 Å². The SMILES string of the molecule is CCC[NH+]1[C@@H]2CCC[C@H]1CC(NC(=O)c1cc(OC)c(OC)c(OC)c1)C2. The standard InChI is InChI=1S/C21H32N2O4/c1-5-9-23-16-7-6-8-17(23)13-15(12-16)22-21(24)14-10-18(25-2)20(27-4)19(11-14)26-3/h10-11,15-17H,5-9,12-13H2,1-4H3,(H,22,24)/p+1/t15?,16-,17+. The van der Waals surface area contributed by atoms with Crippen LogP contribution >= 0.6 is 0 Å². The molecule has 0 aliphatic carbocycles. The van der Waals surface area contributed by atoms with Crippen LogP contribution in [-0.2, 0) is 0 Å². The maximum atomic E-state index is 12.9. The van der Waals surface area contributed by atoms with Gasteiger partial charge in [0.1, 0.15) is 0 Å². The minimum Gasteiger partial charge on any atom is -0.493 e. The topological polar surface area (TPSA) is 61.2 Å². The minimum absolute atomic E-state index is 0.0729. The van der Waals surface area contributed by atoms with Gasteiger partial charge in [-0.3, -0.25) is 4.79 Å². The Bertz CT molecular complexity index is 625. The molecular formula is C21H33N2O4+. The average Bonchev–Trinajstić information content (AvgIpc) is 2.67. The summed E-state index contributed by atoms with van der Waals surface area (Å²) in [6.07, 6.45) is 7.26. The predicted octanol–water partition coefficient (Wildman–Crippen LogP) is 1.82. The number of benzene rings is 1. The highest BCUT2D eigenvalue weighted by Crippen LogP contribution is 2.38. The number of hydrogen-bond donors (Lipinski definition) is 2. The van der Waals surface area contributed by atoms with Crippen molar-refractivity contribution in [1.82, 2.24) is 5.32 Å². The smallest absolute Gasteiger partial charge is 0.251 e. The third-order valence-corrected chi connectivity index (χ3v) is 6.09. The number of fused-ring (bicyclic) bond motifs is 2. The first-order valence-corrected chi connectivity index (χ1v) is 10.1. The average molecular weight is 378 g/mol. The molecule has 2 saturated heterocycles. The summed E-state index contributed by atoms with van der Waals surface area (Å²) in [6.45, 7) is 3.52. The Morgan fingerprint density at radius 1 is 1.07 bits per heavy atom. The molecule has 2 fully saturated rings. The highest BCUT2D eigenvalue weighted by atomic mass is 16.5. The van der Waals surface area contributed by atoms with Crippen molar-refractivity contribution >= 4 is 5.91 Å². The number of rotatable bonds is 7. The van der Waals surface area contributed by atoms with Gasteiger partial charge in [-0.25, -0.2) is 0 Å². The highest BCUT2D eigenvalue weighted by molar-refractivity contribution is 5.95. The molecule has 27 heavy (non-hydrogen) atoms. The van der Waals surface area contributed by atoms with Crippen molar-refractivity contribution < 1.29 is 23.9 Å². The van der Waals surface area contributed by atoms with E-state index in [1.165, 1.54) is 32.2 Å². The zero-order valence-corrected chi connectivity index (χ0v) is 17.0. The van der Waals surface area contributed by atoms with E-state index < -0.39 is 0 Å². The lowest BCUT2D eigenvalue weighted by molar-refractivity contribution is -0.961. The van der Waals surface area contributed by atoms with Crippen molar-refractivity contribution in [3.05, 3.63) is 17.7 Å². The molecule has 6 nitrogen and oxygen atoms in total. The number of nitrogens with one attached hydrogen (secondary N) is 2. The van der Waals surface area contributed by atoms with Crippen LogP contribution < -0.4 is 24.4 Å². The van der Waals surface area contributed by atoms with Gasteiger partial charge in [-0.1, -0.05) is 6.92 Å². The van der Waals surface area contributed by atoms with Crippen molar-refractivity contribution in [3.8, 4) is 17.2 Å². The van der Waals surface area contributed by atoms with Crippen LogP contribution in [0.3, 0.4) is 0 Å². The van der Waals surface area contributed by atoms with Gasteiger partial charge in [0, 0.05) is 24.4 Å². The van der Waals surface area contributed by atoms with Crippen LogP contribution in [0, 0.1) is 0 Å². The lowest BCUT2D eigenvalue weighted by Gasteiger charge is -2.46. The Balaban J connectivity index is 1.72. The monoisotopic (exact) mass is 377 g/mol. The van der Waals surface area contributed by atoms with Crippen LogP contribution in [0.25, 0.3) is 0 Å². The van der Waals surface area contributed by atoms with Gasteiger partial charge in [0.05, 0.1) is 40.0 Å². The summed E-state index contributed by atoms with van der Waals surface area (Å²) in [5, 5.41) is 3.26. The van der Waals surface area contributed by atoms with E-state index in [9.17, 15) is 4.79 Å². The van der Waals surface area contributed by atoms with Crippen LogP contribution in [0.2, 0.25) is 0 Å². The Hall–Kier alpha value is -1.95. The second-order valence-electron chi connectivity index (χ2n) is 7.71. The highest BCUT2D eigenvalue weighted by Gasteiger charge is 2.41. The number of carbonyl (C=O) groups excluding carboxylic acids is 1. The normalized spacial score (nSPS) is 27.0. The summed E-state index contributed by atoms with van der Waals surface area (Å²) in [5.74, 6) is 1.43. The van der Waals surface area contributed by atoms with Crippen molar-refractivity contribution in [1.29, 1.82) is 0 Å². The van der Waals surface area contributed by atoms with Gasteiger partial charge in [0.2, 0.25) is 5.75 Å². The summed E-state index contributed by atoms with van der Waals surface area (Å²) in [4.78, 5) is 14.7. The van der Waals surface area contributed by atoms with Crippen LogP contribution in [-0.4, -0.2) is 51.9 Å². The molecule has 2 bridgehead atoms. The van der Waals surface area contributed by atoms with Gasteiger partial charge in [-0.05, 0) is 37.8 Å². The molecule has 2 unspecified atom stereocenters. The third kappa shape index (κ3) is 4.15. The van der Waals surface area contributed by atoms with Crippen molar-refractivity contribution in [2.45, 2.75) is 63.6 Å². The van der Waals surface area contributed by atoms with E-state index in [1.807, 2.05) is 0 Å². The van der Waals surface area contributed by atoms with E-state index in [4.69, 9.17) is 14.2 Å². The molecule has 150 valence electrons. The van der Waals surface area contributed by atoms with Crippen LogP contribution in [0.5, 0.6) is 17.2 Å². The molecule has 4 atom stereocenters. The number of carbonyl (C=O) groups is 1. The van der Waals surface area contributed by atoms with Gasteiger partial charge in [-0.15, -0.1) is 0 Å². The van der Waals surface area contributed by atoms with Crippen LogP contribution in [0.15, 0.2) is 12.1 Å². The molecule has 0 saturated carbocycles. The van der Waals surface area contributed by atoms with E-state index in [-0.39, 0.29) is 11.9 Å². The Kier molecular flexibility index (Phi) is 6.47. The van der Waals surface area contributed by atoms with E-state index in [0.29, 0.717) is 34.9 Å². The predicted molar refractivity (Wildman–Crippen MR) is 104 cm³/mol. The Morgan fingerprint density at radius 2 is 1.67 bits per heavy atom. The summed E-state index contributed by atoms with van der Waals surface area (Å²) in [7, 11) is 4.68. The molecule has 2 aliphatic heterocycles.